The Kier molecular flexibility index (Phi) is 3.21. The third-order valence-electron chi connectivity index (χ3n) is 2.87. The summed E-state index contributed by atoms with van der Waals surface area (Å²) >= 11 is 1.53. The number of hydrogen-bond acceptors (Lipinski definition) is 4. The van der Waals surface area contributed by atoms with Crippen LogP contribution in [0.15, 0.2) is 0 Å². The van der Waals surface area contributed by atoms with Crippen LogP contribution in [0.1, 0.15) is 31.8 Å². The summed E-state index contributed by atoms with van der Waals surface area (Å²) in [5, 5.41) is 8.06. The molecule has 0 saturated carbocycles. The molecular formula is C12H16N4OS. The first-order valence-electron chi connectivity index (χ1n) is 5.65. The van der Waals surface area contributed by atoms with Crippen LogP contribution in [-0.2, 0) is 7.05 Å². The van der Waals surface area contributed by atoms with Gasteiger partial charge in [0.25, 0.3) is 5.91 Å². The molecule has 0 bridgehead atoms. The zero-order valence-corrected chi connectivity index (χ0v) is 12.0. The molecule has 2 heterocycles. The average molecular weight is 264 g/mol. The van der Waals surface area contributed by atoms with E-state index in [0.717, 1.165) is 27.0 Å². The summed E-state index contributed by atoms with van der Waals surface area (Å²) in [4.78, 5) is 17.3. The molecule has 2 aromatic rings. The maximum atomic E-state index is 12.2. The van der Waals surface area contributed by atoms with Gasteiger partial charge in [-0.3, -0.25) is 9.48 Å². The van der Waals surface area contributed by atoms with Crippen molar-refractivity contribution in [2.45, 2.75) is 27.7 Å². The van der Waals surface area contributed by atoms with Crippen molar-refractivity contribution >= 4 is 22.9 Å². The predicted octanol–water partition coefficient (Wildman–Crippen LogP) is 2.36. The molecular weight excluding hydrogens is 248 g/mol. The Morgan fingerprint density at radius 3 is 2.39 bits per heavy atom. The largest absolute Gasteiger partial charge is 0.317 e. The number of nitrogens with one attached hydrogen (secondary N) is 1. The van der Waals surface area contributed by atoms with Crippen molar-refractivity contribution < 1.29 is 4.79 Å². The number of anilines is 1. The zero-order chi connectivity index (χ0) is 13.4. The molecule has 1 N–H and O–H groups in total. The molecule has 0 aromatic carbocycles. The molecule has 0 aliphatic carbocycles. The molecule has 0 unspecified atom stereocenters. The number of thiazole rings is 1. The SMILES string of the molecule is Cc1nc(C(=O)Nc2c(C)nn(C)c2C)c(C)s1. The van der Waals surface area contributed by atoms with Gasteiger partial charge >= 0.3 is 0 Å². The molecule has 6 heteroatoms. The van der Waals surface area contributed by atoms with E-state index >= 15 is 0 Å². The van der Waals surface area contributed by atoms with Gasteiger partial charge in [0, 0.05) is 11.9 Å². The first-order chi connectivity index (χ1) is 8.40. The molecule has 0 radical (unpaired) electrons. The van der Waals surface area contributed by atoms with E-state index in [2.05, 4.69) is 15.4 Å². The second-order valence-electron chi connectivity index (χ2n) is 4.26. The van der Waals surface area contributed by atoms with Gasteiger partial charge < -0.3 is 5.32 Å². The number of aryl methyl sites for hydroxylation is 4. The fourth-order valence-electron chi connectivity index (χ4n) is 1.87. The van der Waals surface area contributed by atoms with E-state index < -0.39 is 0 Å². The smallest absolute Gasteiger partial charge is 0.275 e. The van der Waals surface area contributed by atoms with Gasteiger partial charge in [-0.25, -0.2) is 4.98 Å². The number of carbonyl (C=O) groups excluding carboxylic acids is 1. The van der Waals surface area contributed by atoms with Crippen molar-refractivity contribution in [2.24, 2.45) is 7.05 Å². The molecule has 0 aliphatic heterocycles. The molecule has 1 amide bonds. The number of carbonyl (C=O) groups is 1. The third kappa shape index (κ3) is 2.15. The maximum Gasteiger partial charge on any atom is 0.275 e. The van der Waals surface area contributed by atoms with E-state index in [-0.39, 0.29) is 5.91 Å². The number of nitrogens with zero attached hydrogens (tertiary/aromatic N) is 3. The molecule has 2 rings (SSSR count). The second kappa shape index (κ2) is 4.53. The number of rotatable bonds is 2. The van der Waals surface area contributed by atoms with Crippen LogP contribution in [0.5, 0.6) is 0 Å². The lowest BCUT2D eigenvalue weighted by atomic mass is 10.3. The Hall–Kier alpha value is -1.69. The minimum atomic E-state index is -0.170. The first kappa shape index (κ1) is 12.8. The highest BCUT2D eigenvalue weighted by atomic mass is 32.1. The van der Waals surface area contributed by atoms with E-state index in [4.69, 9.17) is 0 Å². The van der Waals surface area contributed by atoms with E-state index in [1.165, 1.54) is 11.3 Å². The van der Waals surface area contributed by atoms with Crippen LogP contribution < -0.4 is 5.32 Å². The Morgan fingerprint density at radius 2 is 1.94 bits per heavy atom. The molecule has 18 heavy (non-hydrogen) atoms. The van der Waals surface area contributed by atoms with E-state index in [9.17, 15) is 4.79 Å². The highest BCUT2D eigenvalue weighted by molar-refractivity contribution is 7.11. The lowest BCUT2D eigenvalue weighted by Gasteiger charge is -2.04. The minimum absolute atomic E-state index is 0.170. The lowest BCUT2D eigenvalue weighted by Crippen LogP contribution is -2.14. The molecule has 96 valence electrons. The highest BCUT2D eigenvalue weighted by Crippen LogP contribution is 2.21. The molecule has 0 fully saturated rings. The Labute approximate surface area is 110 Å². The van der Waals surface area contributed by atoms with Gasteiger partial charge in [-0.05, 0) is 27.7 Å². The predicted molar refractivity (Wildman–Crippen MR) is 72.2 cm³/mol. The summed E-state index contributed by atoms with van der Waals surface area (Å²) in [6.07, 6.45) is 0. The number of amides is 1. The van der Waals surface area contributed by atoms with Crippen LogP contribution in [0.2, 0.25) is 0 Å². The van der Waals surface area contributed by atoms with Crippen LogP contribution >= 0.6 is 11.3 Å². The van der Waals surface area contributed by atoms with Gasteiger partial charge in [0.2, 0.25) is 0 Å². The van der Waals surface area contributed by atoms with Crippen molar-refractivity contribution in [3.8, 4) is 0 Å². The standard InChI is InChI=1S/C12H16N4OS/c1-6-10(7(2)16(5)15-6)14-12(17)11-8(3)18-9(4)13-11/h1-5H3,(H,14,17). The summed E-state index contributed by atoms with van der Waals surface area (Å²) < 4.78 is 1.75. The third-order valence-corrected chi connectivity index (χ3v) is 3.75. The summed E-state index contributed by atoms with van der Waals surface area (Å²) in [6, 6.07) is 0. The topological polar surface area (TPSA) is 59.8 Å². The Morgan fingerprint density at radius 1 is 1.28 bits per heavy atom. The average Bonchev–Trinajstić information content (AvgIpc) is 2.73. The number of aromatic nitrogens is 3. The molecule has 0 saturated heterocycles. The Bertz CT molecular complexity index is 612. The first-order valence-corrected chi connectivity index (χ1v) is 6.47. The fourth-order valence-corrected chi connectivity index (χ4v) is 2.68. The molecule has 0 atom stereocenters. The van der Waals surface area contributed by atoms with Crippen LogP contribution in [-0.4, -0.2) is 20.7 Å². The second-order valence-corrected chi connectivity index (χ2v) is 5.67. The van der Waals surface area contributed by atoms with Gasteiger partial charge in [0.15, 0.2) is 0 Å². The van der Waals surface area contributed by atoms with Crippen molar-refractivity contribution in [3.63, 3.8) is 0 Å². The van der Waals surface area contributed by atoms with E-state index in [1.807, 2.05) is 34.7 Å². The normalized spacial score (nSPS) is 10.7. The fraction of sp³-hybridized carbons (Fsp3) is 0.417. The van der Waals surface area contributed by atoms with Crippen LogP contribution in [0.3, 0.4) is 0 Å². The lowest BCUT2D eigenvalue weighted by molar-refractivity contribution is 0.102. The van der Waals surface area contributed by atoms with E-state index in [1.54, 1.807) is 4.68 Å². The van der Waals surface area contributed by atoms with Gasteiger partial charge in [0.05, 0.1) is 22.1 Å². The van der Waals surface area contributed by atoms with Crippen molar-refractivity contribution in [1.82, 2.24) is 14.8 Å². The molecule has 0 aliphatic rings. The monoisotopic (exact) mass is 264 g/mol. The Balaban J connectivity index is 2.29. The molecule has 2 aromatic heterocycles. The zero-order valence-electron chi connectivity index (χ0n) is 11.2. The van der Waals surface area contributed by atoms with Gasteiger partial charge in [0.1, 0.15) is 5.69 Å². The van der Waals surface area contributed by atoms with Gasteiger partial charge in [-0.1, -0.05) is 0 Å². The van der Waals surface area contributed by atoms with Crippen LogP contribution in [0.25, 0.3) is 0 Å². The maximum absolute atomic E-state index is 12.2. The molecule has 5 nitrogen and oxygen atoms in total. The van der Waals surface area contributed by atoms with Crippen molar-refractivity contribution in [1.29, 1.82) is 0 Å². The number of hydrogen-bond donors (Lipinski definition) is 1. The summed E-state index contributed by atoms with van der Waals surface area (Å²) in [6.45, 7) is 7.61. The van der Waals surface area contributed by atoms with Gasteiger partial charge in [-0.15, -0.1) is 11.3 Å². The van der Waals surface area contributed by atoms with Crippen LogP contribution in [0.4, 0.5) is 5.69 Å². The van der Waals surface area contributed by atoms with Crippen LogP contribution in [0, 0.1) is 27.7 Å². The highest BCUT2D eigenvalue weighted by Gasteiger charge is 2.17. The summed E-state index contributed by atoms with van der Waals surface area (Å²) in [7, 11) is 1.86. The van der Waals surface area contributed by atoms with E-state index in [0.29, 0.717) is 5.69 Å². The molecule has 0 spiro atoms. The van der Waals surface area contributed by atoms with Crippen molar-refractivity contribution in [3.05, 3.63) is 27.0 Å². The minimum Gasteiger partial charge on any atom is -0.317 e. The summed E-state index contributed by atoms with van der Waals surface area (Å²) in [5.74, 6) is -0.170. The van der Waals surface area contributed by atoms with Crippen molar-refractivity contribution in [2.75, 3.05) is 5.32 Å². The van der Waals surface area contributed by atoms with Gasteiger partial charge in [-0.2, -0.15) is 5.10 Å². The quantitative estimate of drug-likeness (QED) is 0.905. The summed E-state index contributed by atoms with van der Waals surface area (Å²) in [5.41, 5.74) is 3.02.